The molecule has 0 radical (unpaired) electrons. The van der Waals surface area contributed by atoms with E-state index in [4.69, 9.17) is 9.84 Å². The van der Waals surface area contributed by atoms with Crippen LogP contribution >= 0.6 is 0 Å². The quantitative estimate of drug-likeness (QED) is 0.808. The van der Waals surface area contributed by atoms with Gasteiger partial charge >= 0.3 is 0 Å². The molecule has 0 aliphatic heterocycles. The summed E-state index contributed by atoms with van der Waals surface area (Å²) in [6.07, 6.45) is 4.16. The first-order chi connectivity index (χ1) is 9.81. The highest BCUT2D eigenvalue weighted by molar-refractivity contribution is 5.33. The Morgan fingerprint density at radius 3 is 2.60 bits per heavy atom. The highest BCUT2D eigenvalue weighted by Crippen LogP contribution is 2.09. The number of nitrogens with zero attached hydrogens (tertiary/aromatic N) is 2. The maximum absolute atomic E-state index is 8.98. The predicted molar refractivity (Wildman–Crippen MR) is 77.8 cm³/mol. The van der Waals surface area contributed by atoms with Crippen LogP contribution in [0.25, 0.3) is 0 Å². The van der Waals surface area contributed by atoms with Gasteiger partial charge in [0.15, 0.2) is 0 Å². The topological polar surface area (TPSA) is 67.3 Å². The second kappa shape index (κ2) is 7.45. The van der Waals surface area contributed by atoms with Crippen LogP contribution in [0.4, 0.5) is 5.82 Å². The first-order valence-electron chi connectivity index (χ1n) is 6.69. The molecule has 20 heavy (non-hydrogen) atoms. The zero-order valence-corrected chi connectivity index (χ0v) is 11.5. The molecule has 0 saturated heterocycles. The molecule has 0 aliphatic carbocycles. The molecule has 2 rings (SSSR count). The van der Waals surface area contributed by atoms with Crippen LogP contribution in [0.15, 0.2) is 36.7 Å². The molecule has 0 fully saturated rings. The molecule has 1 aromatic carbocycles. The van der Waals surface area contributed by atoms with E-state index in [-0.39, 0.29) is 6.61 Å². The lowest BCUT2D eigenvalue weighted by atomic mass is 10.1. The predicted octanol–water partition coefficient (Wildman–Crippen LogP) is 2.02. The van der Waals surface area contributed by atoms with Gasteiger partial charge in [-0.1, -0.05) is 24.3 Å². The van der Waals surface area contributed by atoms with Crippen molar-refractivity contribution in [2.75, 3.05) is 18.5 Å². The van der Waals surface area contributed by atoms with E-state index in [2.05, 4.69) is 15.3 Å². The summed E-state index contributed by atoms with van der Waals surface area (Å²) in [4.78, 5) is 8.37. The van der Waals surface area contributed by atoms with Crippen molar-refractivity contribution in [1.29, 1.82) is 0 Å². The highest BCUT2D eigenvalue weighted by atomic mass is 16.5. The molecule has 0 bridgehead atoms. The Morgan fingerprint density at radius 2 is 1.90 bits per heavy atom. The minimum Gasteiger partial charge on any atom is -0.477 e. The van der Waals surface area contributed by atoms with E-state index in [0.717, 1.165) is 18.5 Å². The minimum atomic E-state index is 0.0817. The van der Waals surface area contributed by atoms with Gasteiger partial charge in [0.05, 0.1) is 25.6 Å². The zero-order chi connectivity index (χ0) is 14.2. The summed E-state index contributed by atoms with van der Waals surface area (Å²) >= 11 is 0. The van der Waals surface area contributed by atoms with E-state index in [1.54, 1.807) is 12.4 Å². The average molecular weight is 273 g/mol. The van der Waals surface area contributed by atoms with Gasteiger partial charge in [0.2, 0.25) is 5.88 Å². The van der Waals surface area contributed by atoms with Crippen LogP contribution in [0.2, 0.25) is 0 Å². The summed E-state index contributed by atoms with van der Waals surface area (Å²) in [6, 6.07) is 7.92. The number of benzene rings is 1. The molecule has 1 aromatic heterocycles. The second-order valence-corrected chi connectivity index (χ2v) is 4.33. The van der Waals surface area contributed by atoms with E-state index in [1.807, 2.05) is 31.2 Å². The lowest BCUT2D eigenvalue weighted by Crippen LogP contribution is -2.07. The molecule has 0 saturated carbocycles. The maximum atomic E-state index is 8.98. The highest BCUT2D eigenvalue weighted by Gasteiger charge is 1.99. The van der Waals surface area contributed by atoms with Gasteiger partial charge in [0, 0.05) is 6.54 Å². The van der Waals surface area contributed by atoms with Gasteiger partial charge in [-0.15, -0.1) is 0 Å². The number of hydrogen-bond acceptors (Lipinski definition) is 5. The maximum Gasteiger partial charge on any atom is 0.234 e. The number of aliphatic hydroxyl groups excluding tert-OH is 1. The first-order valence-corrected chi connectivity index (χ1v) is 6.69. The summed E-state index contributed by atoms with van der Waals surface area (Å²) in [5.41, 5.74) is 2.14. The van der Waals surface area contributed by atoms with E-state index >= 15 is 0 Å². The largest absolute Gasteiger partial charge is 0.477 e. The van der Waals surface area contributed by atoms with E-state index < -0.39 is 0 Å². The van der Waals surface area contributed by atoms with Crippen molar-refractivity contribution in [3.05, 3.63) is 47.8 Å². The molecule has 0 spiro atoms. The fourth-order valence-corrected chi connectivity index (χ4v) is 1.80. The van der Waals surface area contributed by atoms with Crippen molar-refractivity contribution >= 4 is 5.82 Å². The van der Waals surface area contributed by atoms with E-state index in [0.29, 0.717) is 18.3 Å². The molecule has 5 heteroatoms. The Morgan fingerprint density at radius 1 is 1.15 bits per heavy atom. The third-order valence-corrected chi connectivity index (χ3v) is 2.83. The molecule has 0 amide bonds. The molecule has 1 heterocycles. The number of nitrogens with one attached hydrogen (secondary N) is 1. The van der Waals surface area contributed by atoms with Crippen LogP contribution in [-0.2, 0) is 13.0 Å². The number of ether oxygens (including phenoxy) is 1. The van der Waals surface area contributed by atoms with Crippen molar-refractivity contribution in [1.82, 2.24) is 9.97 Å². The summed E-state index contributed by atoms with van der Waals surface area (Å²) in [7, 11) is 0. The first kappa shape index (κ1) is 14.3. The number of hydrogen-bond donors (Lipinski definition) is 2. The Labute approximate surface area is 118 Å². The Kier molecular flexibility index (Phi) is 5.32. The SMILES string of the molecule is CCOc1cncc(NCCc2ccc(CO)cc2)n1. The number of aliphatic hydroxyl groups is 1. The smallest absolute Gasteiger partial charge is 0.234 e. The van der Waals surface area contributed by atoms with E-state index in [9.17, 15) is 0 Å². The molecule has 106 valence electrons. The fourth-order valence-electron chi connectivity index (χ4n) is 1.80. The molecule has 0 unspecified atom stereocenters. The van der Waals surface area contributed by atoms with Crippen LogP contribution < -0.4 is 10.1 Å². The van der Waals surface area contributed by atoms with Crippen molar-refractivity contribution in [2.45, 2.75) is 20.0 Å². The van der Waals surface area contributed by atoms with Crippen molar-refractivity contribution in [2.24, 2.45) is 0 Å². The second-order valence-electron chi connectivity index (χ2n) is 4.33. The lowest BCUT2D eigenvalue weighted by molar-refractivity contribution is 0.282. The van der Waals surface area contributed by atoms with Crippen molar-refractivity contribution in [3.63, 3.8) is 0 Å². The van der Waals surface area contributed by atoms with Gasteiger partial charge in [-0.05, 0) is 24.5 Å². The Hall–Kier alpha value is -2.14. The van der Waals surface area contributed by atoms with Crippen LogP contribution in [0.3, 0.4) is 0 Å². The third kappa shape index (κ3) is 4.20. The van der Waals surface area contributed by atoms with Gasteiger partial charge < -0.3 is 15.2 Å². The monoisotopic (exact) mass is 273 g/mol. The molecular weight excluding hydrogens is 254 g/mol. The van der Waals surface area contributed by atoms with Crippen molar-refractivity contribution in [3.8, 4) is 5.88 Å². The van der Waals surface area contributed by atoms with Gasteiger partial charge in [-0.25, -0.2) is 0 Å². The van der Waals surface area contributed by atoms with Crippen LogP contribution in [0.1, 0.15) is 18.1 Å². The summed E-state index contributed by atoms with van der Waals surface area (Å²) in [6.45, 7) is 3.34. The van der Waals surface area contributed by atoms with Crippen LogP contribution in [0.5, 0.6) is 5.88 Å². The molecular formula is C15H19N3O2. The molecule has 2 N–H and O–H groups in total. The molecule has 5 nitrogen and oxygen atoms in total. The Balaban J connectivity index is 1.84. The number of aromatic nitrogens is 2. The summed E-state index contributed by atoms with van der Waals surface area (Å²) in [5.74, 6) is 1.24. The van der Waals surface area contributed by atoms with Gasteiger partial charge in [0.25, 0.3) is 0 Å². The number of anilines is 1. The molecule has 0 aliphatic rings. The van der Waals surface area contributed by atoms with E-state index in [1.165, 1.54) is 5.56 Å². The van der Waals surface area contributed by atoms with Crippen molar-refractivity contribution < 1.29 is 9.84 Å². The zero-order valence-electron chi connectivity index (χ0n) is 11.5. The van der Waals surface area contributed by atoms with Gasteiger partial charge in [-0.2, -0.15) is 4.98 Å². The third-order valence-electron chi connectivity index (χ3n) is 2.83. The normalized spacial score (nSPS) is 10.3. The fraction of sp³-hybridized carbons (Fsp3) is 0.333. The summed E-state index contributed by atoms with van der Waals surface area (Å²) in [5, 5.41) is 12.2. The minimum absolute atomic E-state index is 0.0817. The number of rotatable bonds is 7. The van der Waals surface area contributed by atoms with Gasteiger partial charge in [-0.3, -0.25) is 4.98 Å². The average Bonchev–Trinajstić information content (AvgIpc) is 2.49. The van der Waals surface area contributed by atoms with Crippen LogP contribution in [0, 0.1) is 0 Å². The molecule has 0 atom stereocenters. The molecule has 2 aromatic rings. The summed E-state index contributed by atoms with van der Waals surface area (Å²) < 4.78 is 5.30. The van der Waals surface area contributed by atoms with Crippen LogP contribution in [-0.4, -0.2) is 28.2 Å². The lowest BCUT2D eigenvalue weighted by Gasteiger charge is -2.07. The van der Waals surface area contributed by atoms with Gasteiger partial charge in [0.1, 0.15) is 5.82 Å². The Bertz CT molecular complexity index is 529. The standard InChI is InChI=1S/C15H19N3O2/c1-2-20-15-10-16-9-14(18-15)17-8-7-12-3-5-13(11-19)6-4-12/h3-6,9-10,19H,2,7-8,11H2,1H3,(H,17,18).